The third kappa shape index (κ3) is 27.9. The summed E-state index contributed by atoms with van der Waals surface area (Å²) in [5.41, 5.74) is 11.0. The van der Waals surface area contributed by atoms with Gasteiger partial charge >= 0.3 is 0 Å². The smallest absolute Gasteiger partial charge is 0.223 e. The number of aliphatic hydroxyl groups is 2. The quantitative estimate of drug-likeness (QED) is 0.0645. The lowest BCUT2D eigenvalue weighted by atomic mass is 9.97. The number of aliphatic hydroxyl groups excluding tert-OH is 2. The van der Waals surface area contributed by atoms with Crippen molar-refractivity contribution < 1.29 is 47.4 Å². The second-order valence-corrected chi connectivity index (χ2v) is 20.5. The number of nitrogens with one attached hydrogen (secondary N) is 1. The van der Waals surface area contributed by atoms with E-state index in [4.69, 9.17) is 21.7 Å². The molecule has 2 aliphatic carbocycles. The molecule has 1 amide bonds. The molecule has 8 atom stereocenters. The summed E-state index contributed by atoms with van der Waals surface area (Å²) in [7, 11) is -2.11. The Hall–Kier alpha value is -1.34. The lowest BCUT2D eigenvalue weighted by molar-refractivity contribution is -0.127. The number of amides is 1. The number of nitrogens with two attached hydrogens (primary N) is 2. The van der Waals surface area contributed by atoms with Crippen LogP contribution in [0.1, 0.15) is 131 Å². The van der Waals surface area contributed by atoms with E-state index in [0.29, 0.717) is 53.6 Å². The van der Waals surface area contributed by atoms with Crippen LogP contribution in [0.15, 0.2) is 0 Å². The maximum Gasteiger partial charge on any atom is 0.223 e. The van der Waals surface area contributed by atoms with Crippen LogP contribution in [0.25, 0.3) is 0 Å². The molecule has 17 heteroatoms. The summed E-state index contributed by atoms with van der Waals surface area (Å²) >= 11 is 3.49. The second kappa shape index (κ2) is 35.4. The van der Waals surface area contributed by atoms with Crippen LogP contribution in [-0.2, 0) is 50.4 Å². The van der Waals surface area contributed by atoms with Gasteiger partial charge in [0.15, 0.2) is 0 Å². The van der Waals surface area contributed by atoms with Crippen LogP contribution in [0.3, 0.4) is 0 Å². The Bertz CT molecular complexity index is 1220. The summed E-state index contributed by atoms with van der Waals surface area (Å²) in [6.45, 7) is 7.13. The lowest BCUT2D eigenvalue weighted by Crippen LogP contribution is -2.45. The monoisotopic (exact) mass is 885 g/mol. The highest BCUT2D eigenvalue weighted by atomic mass is 32.2. The van der Waals surface area contributed by atoms with Gasteiger partial charge in [-0.25, -0.2) is 0 Å². The molecule has 0 aromatic rings. The van der Waals surface area contributed by atoms with E-state index in [-0.39, 0.29) is 90.6 Å². The van der Waals surface area contributed by atoms with Gasteiger partial charge in [-0.1, -0.05) is 33.6 Å². The predicted molar refractivity (Wildman–Crippen MR) is 238 cm³/mol. The van der Waals surface area contributed by atoms with Crippen molar-refractivity contribution in [3.63, 3.8) is 0 Å². The molecule has 2 aliphatic rings. The van der Waals surface area contributed by atoms with Crippen LogP contribution in [0.5, 0.6) is 0 Å². The minimum absolute atomic E-state index is 0. The van der Waals surface area contributed by atoms with E-state index in [2.05, 4.69) is 5.32 Å². The zero-order chi connectivity index (χ0) is 42.5. The van der Waals surface area contributed by atoms with Crippen LogP contribution < -0.4 is 16.8 Å². The van der Waals surface area contributed by atoms with Crippen molar-refractivity contribution in [1.82, 2.24) is 5.32 Å². The maximum absolute atomic E-state index is 12.1. The molecule has 2 fully saturated rings. The fourth-order valence-electron chi connectivity index (χ4n) is 5.76. The molecule has 0 aromatic heterocycles. The van der Waals surface area contributed by atoms with Gasteiger partial charge in [-0.15, -0.1) is 23.5 Å². The van der Waals surface area contributed by atoms with Crippen molar-refractivity contribution in [3.8, 4) is 0 Å². The number of unbranched alkanes of at least 4 members (excludes halogenated alkanes) is 3. The lowest BCUT2D eigenvalue weighted by Gasteiger charge is -2.35. The van der Waals surface area contributed by atoms with Gasteiger partial charge in [0.2, 0.25) is 5.91 Å². The van der Waals surface area contributed by atoms with Crippen molar-refractivity contribution in [3.05, 3.63) is 0 Å². The van der Waals surface area contributed by atoms with Gasteiger partial charge in [0.05, 0.1) is 37.3 Å². The second-order valence-electron chi connectivity index (χ2n) is 14.5. The molecule has 6 unspecified atom stereocenters. The van der Waals surface area contributed by atoms with Gasteiger partial charge in [-0.05, 0) is 85.1 Å². The Balaban J connectivity index is 0. The molecular formula is C40H75N3O10S4. The van der Waals surface area contributed by atoms with E-state index in [1.165, 1.54) is 13.8 Å². The Labute approximate surface area is 356 Å². The summed E-state index contributed by atoms with van der Waals surface area (Å²) < 4.78 is 23.0. The highest BCUT2D eigenvalue weighted by Crippen LogP contribution is 2.40. The number of hydrogen-bond acceptors (Lipinski definition) is 14. The molecule has 0 spiro atoms. The molecular weight excluding hydrogens is 811 g/mol. The van der Waals surface area contributed by atoms with Crippen LogP contribution in [0.4, 0.5) is 0 Å². The maximum atomic E-state index is 12.1. The number of carbonyl (C=O) groups excluding carboxylic acids is 6. The zero-order valence-electron chi connectivity index (χ0n) is 34.2. The van der Waals surface area contributed by atoms with Crippen LogP contribution >= 0.6 is 23.5 Å². The van der Waals surface area contributed by atoms with Crippen molar-refractivity contribution in [2.45, 2.75) is 158 Å². The number of rotatable bonds is 30. The molecule has 0 radical (unpaired) electrons. The normalized spacial score (nSPS) is 20.2. The Morgan fingerprint density at radius 2 is 1.26 bits per heavy atom. The molecule has 0 aliphatic heterocycles. The van der Waals surface area contributed by atoms with Crippen molar-refractivity contribution in [1.29, 1.82) is 0 Å². The Kier molecular flexibility index (Phi) is 35.9. The first kappa shape index (κ1) is 57.8. The average Bonchev–Trinajstić information content (AvgIpc) is 3.10. The Morgan fingerprint density at radius 1 is 0.719 bits per heavy atom. The molecule has 57 heavy (non-hydrogen) atoms. The summed E-state index contributed by atoms with van der Waals surface area (Å²) in [4.78, 5) is 68.1. The molecule has 2 rings (SSSR count). The third-order valence-corrected chi connectivity index (χ3v) is 16.5. The molecule has 0 bridgehead atoms. The van der Waals surface area contributed by atoms with Crippen LogP contribution in [0.2, 0.25) is 0 Å². The average molecular weight is 886 g/mol. The molecule has 2 saturated carbocycles. The largest absolute Gasteiger partial charge is 0.395 e. The van der Waals surface area contributed by atoms with Crippen molar-refractivity contribution >= 4 is 79.9 Å². The summed E-state index contributed by atoms with van der Waals surface area (Å²) in [5.74, 6) is 2.13. The first-order valence-electron chi connectivity index (χ1n) is 20.1. The van der Waals surface area contributed by atoms with E-state index in [1.54, 1.807) is 30.4 Å². The van der Waals surface area contributed by atoms with E-state index < -0.39 is 27.6 Å². The topological polar surface area (TPSA) is 241 Å². The summed E-state index contributed by atoms with van der Waals surface area (Å²) in [5, 5.41) is 20.9. The van der Waals surface area contributed by atoms with Crippen LogP contribution in [-0.4, -0.2) is 130 Å². The van der Waals surface area contributed by atoms with E-state index in [0.717, 1.165) is 70.6 Å². The van der Waals surface area contributed by atoms with Crippen molar-refractivity contribution in [2.75, 3.05) is 49.3 Å². The van der Waals surface area contributed by atoms with Gasteiger partial charge in [0.1, 0.15) is 28.9 Å². The highest BCUT2D eigenvalue weighted by molar-refractivity contribution is 8.04. The van der Waals surface area contributed by atoms with Gasteiger partial charge in [0.25, 0.3) is 0 Å². The number of carbonyl (C=O) groups is 6. The SMILES string of the molecule is C.CC(=O)CCC(=O)[C@@H](N)CCCCN.CC[C@@H](CCCCCC(=O)CSC1CCC1SCC(C)=O)C(=O)NCC(C)=O.O=S(CCO)C1CCC1S(=O)CCO. The molecule has 0 saturated heterocycles. The molecule has 0 heterocycles. The molecule has 334 valence electrons. The number of hydrogen-bond donors (Lipinski definition) is 5. The summed E-state index contributed by atoms with van der Waals surface area (Å²) in [6.07, 6.45) is 11.9. The van der Waals surface area contributed by atoms with E-state index >= 15 is 0 Å². The van der Waals surface area contributed by atoms with Gasteiger partial charge in [-0.3, -0.25) is 32.4 Å². The molecule has 0 aromatic carbocycles. The summed E-state index contributed by atoms with van der Waals surface area (Å²) in [6, 6.07) is -0.416. The van der Waals surface area contributed by atoms with Crippen molar-refractivity contribution in [2.24, 2.45) is 17.4 Å². The minimum atomic E-state index is -1.06. The van der Waals surface area contributed by atoms with Gasteiger partial charge < -0.3 is 31.8 Å². The van der Waals surface area contributed by atoms with E-state index in [1.807, 2.05) is 6.92 Å². The third-order valence-electron chi connectivity index (χ3n) is 9.51. The first-order chi connectivity index (χ1) is 26.6. The standard InChI is InChI=1S/C21H35NO4S2.C10H20N2O2.C8H16O4S2.CH4/c1-4-17(21(26)22-12-15(2)23)8-6-5-7-9-18(25)14-28-20-11-10-19(20)27-13-16(3)24;1-8(13)5-6-10(14)9(12)4-2-3-7-11;9-3-5-13(11)7-1-2-8(7)14(12)6-4-10;/h17,19-20H,4-14H2,1-3H3,(H,22,26);9H,2-7,11-12H2,1H3;7-10H,1-6H2;1H4/t17-,19?,20?;9-;;/m00../s1. The van der Waals surface area contributed by atoms with Crippen LogP contribution in [0, 0.1) is 5.92 Å². The predicted octanol–water partition coefficient (Wildman–Crippen LogP) is 3.84. The minimum Gasteiger partial charge on any atom is -0.395 e. The number of Topliss-reactive ketones (excluding diaryl/α,β-unsaturated/α-hetero) is 5. The number of thioether (sulfide) groups is 2. The molecule has 13 nitrogen and oxygen atoms in total. The Morgan fingerprint density at radius 3 is 1.70 bits per heavy atom. The number of ketones is 5. The van der Waals surface area contributed by atoms with Gasteiger partial charge in [0, 0.05) is 79.3 Å². The highest BCUT2D eigenvalue weighted by Gasteiger charge is 2.39. The first-order valence-corrected chi connectivity index (χ1v) is 24.9. The molecule has 7 N–H and O–H groups in total. The fraction of sp³-hybridized carbons (Fsp3) is 0.850. The zero-order valence-corrected chi connectivity index (χ0v) is 37.4. The fourth-order valence-corrected chi connectivity index (χ4v) is 12.0. The van der Waals surface area contributed by atoms with E-state index in [9.17, 15) is 37.2 Å². The van der Waals surface area contributed by atoms with Gasteiger partial charge in [-0.2, -0.15) is 0 Å².